The summed E-state index contributed by atoms with van der Waals surface area (Å²) >= 11 is 0. The first kappa shape index (κ1) is 29.7. The van der Waals surface area contributed by atoms with Gasteiger partial charge in [-0.05, 0) is 49.7 Å². The van der Waals surface area contributed by atoms with Gasteiger partial charge in [0.25, 0.3) is 0 Å². The van der Waals surface area contributed by atoms with Crippen LogP contribution in [0.15, 0.2) is 78.9 Å². The fraction of sp³-hybridized carbons (Fsp3) is 0.324. The molecule has 43 heavy (non-hydrogen) atoms. The highest BCUT2D eigenvalue weighted by molar-refractivity contribution is 5.71. The van der Waals surface area contributed by atoms with Crippen LogP contribution in [0.3, 0.4) is 0 Å². The van der Waals surface area contributed by atoms with E-state index in [4.69, 9.17) is 14.2 Å². The third kappa shape index (κ3) is 8.16. The van der Waals surface area contributed by atoms with E-state index in [1.807, 2.05) is 60.7 Å². The van der Waals surface area contributed by atoms with Crippen molar-refractivity contribution < 1.29 is 28.9 Å². The maximum atomic E-state index is 12.3. The van der Waals surface area contributed by atoms with E-state index >= 15 is 0 Å². The molecule has 0 amide bonds. The second-order valence-corrected chi connectivity index (χ2v) is 10.7. The van der Waals surface area contributed by atoms with E-state index in [-0.39, 0.29) is 36.8 Å². The molecule has 3 aromatic carbocycles. The summed E-state index contributed by atoms with van der Waals surface area (Å²) in [6, 6.07) is 24.2. The van der Waals surface area contributed by atoms with Crippen LogP contribution < -0.4 is 4.74 Å². The molecule has 0 atom stereocenters. The van der Waals surface area contributed by atoms with Gasteiger partial charge in [-0.15, -0.1) is 0 Å². The number of rotatable bonds is 11. The third-order valence-corrected chi connectivity index (χ3v) is 7.63. The Labute approximate surface area is 250 Å². The number of ether oxygens (including phenoxy) is 3. The molecule has 1 N–H and O–H groups in total. The van der Waals surface area contributed by atoms with Gasteiger partial charge in [-0.2, -0.15) is 0 Å². The van der Waals surface area contributed by atoms with Crippen LogP contribution in [0.4, 0.5) is 0 Å². The third-order valence-electron chi connectivity index (χ3n) is 7.63. The summed E-state index contributed by atoms with van der Waals surface area (Å²) in [7, 11) is 1.41. The summed E-state index contributed by atoms with van der Waals surface area (Å²) in [5, 5.41) is 10.9. The SMILES string of the molecule is COC(=O)CC1CCC(CC(=O)OCCOc2ccc(-c3nc(-c4ccccc4)nc(-c4ccccc4)n3)c(O)c2)CC1. The molecule has 9 nitrogen and oxygen atoms in total. The van der Waals surface area contributed by atoms with Gasteiger partial charge >= 0.3 is 11.9 Å². The number of phenolic OH excluding ortho intramolecular Hbond substituents is 1. The van der Waals surface area contributed by atoms with Crippen molar-refractivity contribution in [2.24, 2.45) is 11.8 Å². The zero-order chi connectivity index (χ0) is 30.0. The summed E-state index contributed by atoms with van der Waals surface area (Å²) in [6.07, 6.45) is 4.45. The maximum absolute atomic E-state index is 12.3. The molecule has 1 aliphatic carbocycles. The number of carbonyl (C=O) groups is 2. The minimum Gasteiger partial charge on any atom is -0.507 e. The monoisotopic (exact) mass is 581 g/mol. The van der Waals surface area contributed by atoms with Crippen molar-refractivity contribution >= 4 is 11.9 Å². The molecular formula is C34H35N3O6. The minimum absolute atomic E-state index is 0.0403. The van der Waals surface area contributed by atoms with Crippen molar-refractivity contribution in [1.29, 1.82) is 0 Å². The van der Waals surface area contributed by atoms with E-state index in [2.05, 4.69) is 15.0 Å². The van der Waals surface area contributed by atoms with Crippen molar-refractivity contribution in [3.63, 3.8) is 0 Å². The fourth-order valence-corrected chi connectivity index (χ4v) is 5.29. The predicted octanol–water partition coefficient (Wildman–Crippen LogP) is 6.26. The van der Waals surface area contributed by atoms with E-state index in [0.717, 1.165) is 36.8 Å². The molecule has 0 aliphatic heterocycles. The number of aromatic nitrogens is 3. The predicted molar refractivity (Wildman–Crippen MR) is 161 cm³/mol. The Balaban J connectivity index is 1.17. The maximum Gasteiger partial charge on any atom is 0.306 e. The molecule has 5 rings (SSSR count). The average molecular weight is 582 g/mol. The molecule has 0 bridgehead atoms. The Hall–Kier alpha value is -4.79. The Morgan fingerprint density at radius 3 is 1.79 bits per heavy atom. The molecule has 1 aliphatic rings. The van der Waals surface area contributed by atoms with Crippen LogP contribution in [0.2, 0.25) is 0 Å². The summed E-state index contributed by atoms with van der Waals surface area (Å²) in [5.74, 6) is 1.90. The van der Waals surface area contributed by atoms with Crippen LogP contribution in [0.5, 0.6) is 11.5 Å². The van der Waals surface area contributed by atoms with Crippen molar-refractivity contribution in [3.05, 3.63) is 78.9 Å². The molecule has 1 heterocycles. The fourth-order valence-electron chi connectivity index (χ4n) is 5.29. The van der Waals surface area contributed by atoms with Crippen molar-refractivity contribution in [1.82, 2.24) is 15.0 Å². The van der Waals surface area contributed by atoms with Gasteiger partial charge in [0.2, 0.25) is 0 Å². The normalized spacial score (nSPS) is 16.3. The lowest BCUT2D eigenvalue weighted by molar-refractivity contribution is -0.146. The Bertz CT molecular complexity index is 1460. The standard InChI is InChI=1S/C34H35N3O6/c1-41-30(39)20-23-12-14-24(15-13-23)21-31(40)43-19-18-42-27-16-17-28(29(38)22-27)34-36-32(25-8-4-2-5-9-25)35-33(37-34)26-10-6-3-7-11-26/h2-11,16-17,22-24,38H,12-15,18-21H2,1H3. The number of nitrogens with zero attached hydrogens (tertiary/aromatic N) is 3. The molecule has 1 fully saturated rings. The van der Waals surface area contributed by atoms with E-state index in [0.29, 0.717) is 47.5 Å². The van der Waals surface area contributed by atoms with Crippen LogP contribution in [0, 0.1) is 11.8 Å². The van der Waals surface area contributed by atoms with E-state index in [9.17, 15) is 14.7 Å². The van der Waals surface area contributed by atoms with Crippen LogP contribution >= 0.6 is 0 Å². The number of esters is 2. The van der Waals surface area contributed by atoms with E-state index < -0.39 is 0 Å². The molecule has 1 saturated carbocycles. The smallest absolute Gasteiger partial charge is 0.306 e. The quantitative estimate of drug-likeness (QED) is 0.162. The number of phenols is 1. The van der Waals surface area contributed by atoms with E-state index in [1.54, 1.807) is 12.1 Å². The van der Waals surface area contributed by atoms with Gasteiger partial charge < -0.3 is 19.3 Å². The number of hydrogen-bond acceptors (Lipinski definition) is 9. The molecule has 1 aromatic heterocycles. The lowest BCUT2D eigenvalue weighted by atomic mass is 9.79. The molecule has 0 saturated heterocycles. The molecule has 9 heteroatoms. The van der Waals surface area contributed by atoms with Crippen molar-refractivity contribution in [2.45, 2.75) is 38.5 Å². The summed E-state index contributed by atoms with van der Waals surface area (Å²) in [5.41, 5.74) is 2.11. The molecular weight excluding hydrogens is 546 g/mol. The Kier molecular flexibility index (Phi) is 9.94. The highest BCUT2D eigenvalue weighted by Crippen LogP contribution is 2.34. The first-order chi connectivity index (χ1) is 21.0. The molecule has 4 aromatic rings. The average Bonchev–Trinajstić information content (AvgIpc) is 3.04. The van der Waals surface area contributed by atoms with Crippen LogP contribution in [-0.4, -0.2) is 52.3 Å². The number of aromatic hydroxyl groups is 1. The summed E-state index contributed by atoms with van der Waals surface area (Å²) in [6.45, 7) is 0.256. The van der Waals surface area contributed by atoms with Crippen molar-refractivity contribution in [3.8, 4) is 45.7 Å². The molecule has 0 radical (unpaired) electrons. The van der Waals surface area contributed by atoms with Crippen molar-refractivity contribution in [2.75, 3.05) is 20.3 Å². The molecule has 222 valence electrons. The first-order valence-electron chi connectivity index (χ1n) is 14.5. The molecule has 0 unspecified atom stereocenters. The zero-order valence-electron chi connectivity index (χ0n) is 24.1. The number of carbonyl (C=O) groups excluding carboxylic acids is 2. The van der Waals surface area contributed by atoms with Gasteiger partial charge in [0.15, 0.2) is 17.5 Å². The Morgan fingerprint density at radius 2 is 1.26 bits per heavy atom. The highest BCUT2D eigenvalue weighted by Gasteiger charge is 2.25. The highest BCUT2D eigenvalue weighted by atomic mass is 16.6. The topological polar surface area (TPSA) is 121 Å². The lowest BCUT2D eigenvalue weighted by Gasteiger charge is -2.27. The van der Waals surface area contributed by atoms with Gasteiger partial charge in [0.1, 0.15) is 24.7 Å². The molecule has 0 spiro atoms. The second-order valence-electron chi connectivity index (χ2n) is 10.7. The second kappa shape index (κ2) is 14.4. The van der Waals surface area contributed by atoms with Gasteiger partial charge in [0.05, 0.1) is 12.7 Å². The number of methoxy groups -OCH3 is 1. The Morgan fingerprint density at radius 1 is 0.721 bits per heavy atom. The summed E-state index contributed by atoms with van der Waals surface area (Å²) < 4.78 is 15.9. The largest absolute Gasteiger partial charge is 0.507 e. The number of hydrogen-bond donors (Lipinski definition) is 1. The van der Waals surface area contributed by atoms with Crippen LogP contribution in [0.25, 0.3) is 34.2 Å². The van der Waals surface area contributed by atoms with Gasteiger partial charge in [-0.3, -0.25) is 9.59 Å². The van der Waals surface area contributed by atoms with E-state index in [1.165, 1.54) is 13.2 Å². The first-order valence-corrected chi connectivity index (χ1v) is 14.5. The number of benzene rings is 3. The van der Waals surface area contributed by atoms with Gasteiger partial charge in [-0.1, -0.05) is 60.7 Å². The van der Waals surface area contributed by atoms with Crippen LogP contribution in [-0.2, 0) is 19.1 Å². The zero-order valence-corrected chi connectivity index (χ0v) is 24.1. The van der Waals surface area contributed by atoms with Gasteiger partial charge in [-0.25, -0.2) is 15.0 Å². The minimum atomic E-state index is -0.253. The van der Waals surface area contributed by atoms with Gasteiger partial charge in [0, 0.05) is 30.0 Å². The lowest BCUT2D eigenvalue weighted by Crippen LogP contribution is -2.21. The summed E-state index contributed by atoms with van der Waals surface area (Å²) in [4.78, 5) is 37.8. The van der Waals surface area contributed by atoms with Crippen LogP contribution in [0.1, 0.15) is 38.5 Å².